The Morgan fingerprint density at radius 3 is 2.57 bits per heavy atom. The van der Waals surface area contributed by atoms with Gasteiger partial charge in [0.1, 0.15) is 11.3 Å². The lowest BCUT2D eigenvalue weighted by atomic mass is 9.87. The van der Waals surface area contributed by atoms with E-state index in [1.165, 1.54) is 36.8 Å². The maximum Gasteiger partial charge on any atom is 0.281 e. The number of nitrogens with zero attached hydrogens (tertiary/aromatic N) is 2. The maximum atomic E-state index is 12.1. The first-order chi connectivity index (χ1) is 10.0. The molecule has 5 nitrogen and oxygen atoms in total. The SMILES string of the molecule is CC(C)c1nn(CCC2CCCCC2)c(=O)c([C]=O)c1O. The van der Waals surface area contributed by atoms with Crippen molar-refractivity contribution in [2.75, 3.05) is 0 Å². The van der Waals surface area contributed by atoms with E-state index in [1.807, 2.05) is 13.8 Å². The average Bonchev–Trinajstić information content (AvgIpc) is 2.47. The molecule has 1 N–H and O–H groups in total. The largest absolute Gasteiger partial charge is 0.505 e. The van der Waals surface area contributed by atoms with Gasteiger partial charge in [-0.05, 0) is 12.3 Å². The number of aryl methyl sites for hydroxylation is 1. The molecule has 1 aromatic heterocycles. The zero-order valence-electron chi connectivity index (χ0n) is 12.8. The Labute approximate surface area is 125 Å². The van der Waals surface area contributed by atoms with Crippen LogP contribution in [0.15, 0.2) is 4.79 Å². The van der Waals surface area contributed by atoms with E-state index in [4.69, 9.17) is 0 Å². The van der Waals surface area contributed by atoms with E-state index < -0.39 is 5.56 Å². The third-order valence-electron chi connectivity index (χ3n) is 4.28. The lowest BCUT2D eigenvalue weighted by Gasteiger charge is -2.21. The van der Waals surface area contributed by atoms with Crippen molar-refractivity contribution < 1.29 is 9.90 Å². The zero-order chi connectivity index (χ0) is 15.4. The Morgan fingerprint density at radius 2 is 2.00 bits per heavy atom. The molecule has 1 saturated carbocycles. The molecule has 2 rings (SSSR count). The molecule has 0 saturated heterocycles. The van der Waals surface area contributed by atoms with Gasteiger partial charge < -0.3 is 5.11 Å². The van der Waals surface area contributed by atoms with Crippen LogP contribution < -0.4 is 5.56 Å². The van der Waals surface area contributed by atoms with Gasteiger partial charge in [-0.15, -0.1) is 0 Å². The number of hydrogen-bond donors (Lipinski definition) is 1. The minimum Gasteiger partial charge on any atom is -0.505 e. The molecule has 1 radical (unpaired) electrons. The molecule has 1 aliphatic rings. The van der Waals surface area contributed by atoms with Crippen molar-refractivity contribution >= 4 is 6.29 Å². The van der Waals surface area contributed by atoms with E-state index in [0.29, 0.717) is 18.2 Å². The lowest BCUT2D eigenvalue weighted by Crippen LogP contribution is -2.29. The molecule has 1 aliphatic carbocycles. The molecule has 1 heterocycles. The van der Waals surface area contributed by atoms with Gasteiger partial charge in [-0.3, -0.25) is 9.59 Å². The highest BCUT2D eigenvalue weighted by Gasteiger charge is 2.20. The molecular formula is C16H23N2O3. The van der Waals surface area contributed by atoms with E-state index >= 15 is 0 Å². The highest BCUT2D eigenvalue weighted by Crippen LogP contribution is 2.27. The van der Waals surface area contributed by atoms with Crippen molar-refractivity contribution in [3.8, 4) is 5.75 Å². The number of hydrogen-bond acceptors (Lipinski definition) is 4. The summed E-state index contributed by atoms with van der Waals surface area (Å²) in [6.45, 7) is 4.23. The smallest absolute Gasteiger partial charge is 0.281 e. The second kappa shape index (κ2) is 6.87. The molecule has 0 atom stereocenters. The Balaban J connectivity index is 2.23. The van der Waals surface area contributed by atoms with Crippen LogP contribution in [-0.2, 0) is 11.3 Å². The molecule has 0 bridgehead atoms. The fourth-order valence-corrected chi connectivity index (χ4v) is 2.99. The van der Waals surface area contributed by atoms with Gasteiger partial charge in [0.25, 0.3) is 5.56 Å². The summed E-state index contributed by atoms with van der Waals surface area (Å²) in [6, 6.07) is 0. The Hall–Kier alpha value is -1.65. The fourth-order valence-electron chi connectivity index (χ4n) is 2.99. The Morgan fingerprint density at radius 1 is 1.33 bits per heavy atom. The summed E-state index contributed by atoms with van der Waals surface area (Å²) in [6.07, 6.45) is 8.69. The average molecular weight is 291 g/mol. The van der Waals surface area contributed by atoms with Crippen LogP contribution in [0.2, 0.25) is 0 Å². The van der Waals surface area contributed by atoms with Crippen LogP contribution in [0.1, 0.15) is 69.5 Å². The Bertz CT molecular complexity index is 557. The molecule has 115 valence electrons. The van der Waals surface area contributed by atoms with E-state index in [-0.39, 0.29) is 17.2 Å². The van der Waals surface area contributed by atoms with Crippen LogP contribution in [-0.4, -0.2) is 21.2 Å². The minimum absolute atomic E-state index is 0.0568. The molecule has 0 aromatic carbocycles. The molecule has 0 unspecified atom stereocenters. The summed E-state index contributed by atoms with van der Waals surface area (Å²) in [4.78, 5) is 23.1. The minimum atomic E-state index is -0.539. The van der Waals surface area contributed by atoms with Crippen molar-refractivity contribution in [3.63, 3.8) is 0 Å². The number of rotatable bonds is 5. The van der Waals surface area contributed by atoms with Crippen LogP contribution >= 0.6 is 0 Å². The van der Waals surface area contributed by atoms with Gasteiger partial charge in [0, 0.05) is 12.5 Å². The second-order valence-corrected chi connectivity index (χ2v) is 6.19. The van der Waals surface area contributed by atoms with Gasteiger partial charge in [-0.25, -0.2) is 4.68 Å². The van der Waals surface area contributed by atoms with E-state index in [0.717, 1.165) is 6.42 Å². The van der Waals surface area contributed by atoms with Crippen LogP contribution in [0.25, 0.3) is 0 Å². The van der Waals surface area contributed by atoms with Gasteiger partial charge in [-0.2, -0.15) is 5.10 Å². The topological polar surface area (TPSA) is 72.2 Å². The van der Waals surface area contributed by atoms with Crippen LogP contribution in [0.3, 0.4) is 0 Å². The summed E-state index contributed by atoms with van der Waals surface area (Å²) in [7, 11) is 0. The number of aromatic hydroxyl groups is 1. The highest BCUT2D eigenvalue weighted by atomic mass is 16.3. The predicted octanol–water partition coefficient (Wildman–Crippen LogP) is 2.50. The maximum absolute atomic E-state index is 12.1. The van der Waals surface area contributed by atoms with Crippen molar-refractivity contribution in [2.24, 2.45) is 5.92 Å². The summed E-state index contributed by atoms with van der Waals surface area (Å²) >= 11 is 0. The van der Waals surface area contributed by atoms with Gasteiger partial charge in [0.05, 0.1) is 0 Å². The first kappa shape index (κ1) is 15.7. The Kier molecular flexibility index (Phi) is 5.15. The van der Waals surface area contributed by atoms with E-state index in [2.05, 4.69) is 5.10 Å². The van der Waals surface area contributed by atoms with E-state index in [9.17, 15) is 14.7 Å². The molecule has 0 amide bonds. The normalized spacial score (nSPS) is 16.3. The number of carbonyl (C=O) groups excluding carboxylic acids is 1. The summed E-state index contributed by atoms with van der Waals surface area (Å²) in [5, 5.41) is 14.2. The van der Waals surface area contributed by atoms with Crippen LogP contribution in [0, 0.1) is 5.92 Å². The molecule has 0 spiro atoms. The van der Waals surface area contributed by atoms with Crippen molar-refractivity contribution in [2.45, 2.75) is 64.8 Å². The van der Waals surface area contributed by atoms with Gasteiger partial charge in [-0.1, -0.05) is 46.0 Å². The summed E-state index contributed by atoms with van der Waals surface area (Å²) < 4.78 is 1.32. The zero-order valence-corrected chi connectivity index (χ0v) is 12.8. The first-order valence-corrected chi connectivity index (χ1v) is 7.76. The fraction of sp³-hybridized carbons (Fsp3) is 0.688. The van der Waals surface area contributed by atoms with Crippen molar-refractivity contribution in [3.05, 3.63) is 21.6 Å². The molecule has 5 heteroatoms. The van der Waals surface area contributed by atoms with Gasteiger partial charge >= 0.3 is 0 Å². The molecule has 21 heavy (non-hydrogen) atoms. The van der Waals surface area contributed by atoms with Gasteiger partial charge in [0.2, 0.25) is 6.29 Å². The molecular weight excluding hydrogens is 268 g/mol. The highest BCUT2D eigenvalue weighted by molar-refractivity contribution is 5.79. The molecule has 0 aliphatic heterocycles. The summed E-state index contributed by atoms with van der Waals surface area (Å²) in [5.41, 5.74) is -0.448. The van der Waals surface area contributed by atoms with Crippen LogP contribution in [0.5, 0.6) is 5.75 Å². The number of aromatic nitrogens is 2. The van der Waals surface area contributed by atoms with Crippen molar-refractivity contribution in [1.29, 1.82) is 0 Å². The van der Waals surface area contributed by atoms with Crippen molar-refractivity contribution in [1.82, 2.24) is 9.78 Å². The standard InChI is InChI=1S/C16H23N2O3/c1-11(2)14-15(20)13(10-19)16(21)18(17-14)9-8-12-6-4-3-5-7-12/h11-12,20H,3-9H2,1-2H3. The first-order valence-electron chi connectivity index (χ1n) is 7.76. The van der Waals surface area contributed by atoms with E-state index in [1.54, 1.807) is 6.29 Å². The quantitative estimate of drug-likeness (QED) is 0.904. The molecule has 1 aromatic rings. The summed E-state index contributed by atoms with van der Waals surface area (Å²) in [5.74, 6) is 0.255. The van der Waals surface area contributed by atoms with Crippen LogP contribution in [0.4, 0.5) is 0 Å². The molecule has 1 fully saturated rings. The van der Waals surface area contributed by atoms with Gasteiger partial charge in [0.15, 0.2) is 5.75 Å². The third kappa shape index (κ3) is 3.52. The third-order valence-corrected chi connectivity index (χ3v) is 4.28. The second-order valence-electron chi connectivity index (χ2n) is 6.19. The predicted molar refractivity (Wildman–Crippen MR) is 80.2 cm³/mol. The lowest BCUT2D eigenvalue weighted by molar-refractivity contribution is 0.314. The monoisotopic (exact) mass is 291 g/mol.